The minimum Gasteiger partial charge on any atom is -0.462 e. The van der Waals surface area contributed by atoms with Gasteiger partial charge in [-0.1, -0.05) is 27.2 Å². The molecule has 0 saturated carbocycles. The summed E-state index contributed by atoms with van der Waals surface area (Å²) in [4.78, 5) is 10.8. The molecule has 2 nitrogen and oxygen atoms in total. The molecular formula is C9H18O2. The molecular weight excluding hydrogens is 140 g/mol. The van der Waals surface area contributed by atoms with Crippen molar-refractivity contribution < 1.29 is 9.53 Å². The molecule has 0 aromatic heterocycles. The van der Waals surface area contributed by atoms with Crippen LogP contribution in [0.2, 0.25) is 0 Å². The van der Waals surface area contributed by atoms with Crippen LogP contribution in [0.5, 0.6) is 0 Å². The van der Waals surface area contributed by atoms with Gasteiger partial charge in [-0.25, -0.2) is 0 Å². The van der Waals surface area contributed by atoms with Crippen molar-refractivity contribution in [3.63, 3.8) is 0 Å². The van der Waals surface area contributed by atoms with Gasteiger partial charge in [0.25, 0.3) is 0 Å². The van der Waals surface area contributed by atoms with Gasteiger partial charge in [0.1, 0.15) is 6.10 Å². The summed E-state index contributed by atoms with van der Waals surface area (Å²) < 4.78 is 5.15. The Morgan fingerprint density at radius 2 is 2.00 bits per heavy atom. The van der Waals surface area contributed by atoms with Gasteiger partial charge in [0.2, 0.25) is 0 Å². The number of rotatable bonds is 5. The van der Waals surface area contributed by atoms with E-state index in [1.165, 1.54) is 0 Å². The highest BCUT2D eigenvalue weighted by atomic mass is 16.5. The number of hydrogen-bond acceptors (Lipinski definition) is 2. The fourth-order valence-corrected chi connectivity index (χ4v) is 0.938. The normalized spacial score (nSPS) is 12.6. The van der Waals surface area contributed by atoms with E-state index < -0.39 is 0 Å². The second-order valence-electron chi connectivity index (χ2n) is 2.66. The minimum absolute atomic E-state index is 0.0784. The third-order valence-corrected chi connectivity index (χ3v) is 1.65. The second kappa shape index (κ2) is 6.20. The van der Waals surface area contributed by atoms with Crippen LogP contribution >= 0.6 is 0 Å². The van der Waals surface area contributed by atoms with Crippen LogP contribution < -0.4 is 0 Å². The Balaban J connectivity index is 3.58. The van der Waals surface area contributed by atoms with Gasteiger partial charge in [0.05, 0.1) is 0 Å². The van der Waals surface area contributed by atoms with Gasteiger partial charge in [0.15, 0.2) is 0 Å². The van der Waals surface area contributed by atoms with E-state index in [4.69, 9.17) is 4.74 Å². The lowest BCUT2D eigenvalue weighted by Gasteiger charge is -2.14. The highest BCUT2D eigenvalue weighted by Gasteiger charge is 2.08. The Hall–Kier alpha value is -0.530. The molecule has 0 heterocycles. The summed E-state index contributed by atoms with van der Waals surface area (Å²) in [5, 5.41) is 0. The molecule has 0 N–H and O–H groups in total. The van der Waals surface area contributed by atoms with Crippen LogP contribution in [0.3, 0.4) is 0 Å². The molecule has 11 heavy (non-hydrogen) atoms. The van der Waals surface area contributed by atoms with Gasteiger partial charge < -0.3 is 4.74 Å². The Bertz CT molecular complexity index is 110. The van der Waals surface area contributed by atoms with E-state index in [0.29, 0.717) is 6.42 Å². The van der Waals surface area contributed by atoms with Crippen LogP contribution in [0.1, 0.15) is 46.5 Å². The van der Waals surface area contributed by atoms with E-state index in [1.54, 1.807) is 0 Å². The molecule has 0 fully saturated rings. The van der Waals surface area contributed by atoms with Crippen LogP contribution in [0.4, 0.5) is 0 Å². The first kappa shape index (κ1) is 10.5. The molecule has 1 unspecified atom stereocenters. The fourth-order valence-electron chi connectivity index (χ4n) is 0.938. The smallest absolute Gasteiger partial charge is 0.305 e. The van der Waals surface area contributed by atoms with Gasteiger partial charge in [-0.05, 0) is 12.8 Å². The standard InChI is InChI=1S/C9H18O2/c1-4-7-8(5-2)11-9(10)6-3/h8H,4-7H2,1-3H3. The van der Waals surface area contributed by atoms with Crippen molar-refractivity contribution in [3.05, 3.63) is 0 Å². The van der Waals surface area contributed by atoms with Gasteiger partial charge in [-0.2, -0.15) is 0 Å². The van der Waals surface area contributed by atoms with Gasteiger partial charge in [0, 0.05) is 6.42 Å². The third kappa shape index (κ3) is 4.82. The van der Waals surface area contributed by atoms with Gasteiger partial charge in [-0.15, -0.1) is 0 Å². The highest BCUT2D eigenvalue weighted by Crippen LogP contribution is 2.06. The Kier molecular flexibility index (Phi) is 5.90. The maximum atomic E-state index is 10.8. The quantitative estimate of drug-likeness (QED) is 0.575. The summed E-state index contributed by atoms with van der Waals surface area (Å²) in [6.45, 7) is 5.96. The molecule has 0 aromatic carbocycles. The van der Waals surface area contributed by atoms with E-state index in [2.05, 4.69) is 6.92 Å². The lowest BCUT2D eigenvalue weighted by Crippen LogP contribution is -2.16. The molecule has 66 valence electrons. The van der Waals surface area contributed by atoms with E-state index in [1.807, 2.05) is 13.8 Å². The summed E-state index contributed by atoms with van der Waals surface area (Å²) in [7, 11) is 0. The number of esters is 1. The fraction of sp³-hybridized carbons (Fsp3) is 0.889. The predicted octanol–water partition coefficient (Wildman–Crippen LogP) is 2.52. The summed E-state index contributed by atoms with van der Waals surface area (Å²) in [5.74, 6) is -0.0784. The second-order valence-corrected chi connectivity index (χ2v) is 2.66. The van der Waals surface area contributed by atoms with E-state index in [0.717, 1.165) is 19.3 Å². The first-order valence-corrected chi connectivity index (χ1v) is 4.44. The molecule has 0 spiro atoms. The van der Waals surface area contributed by atoms with Crippen LogP contribution in [-0.4, -0.2) is 12.1 Å². The zero-order chi connectivity index (χ0) is 8.69. The van der Waals surface area contributed by atoms with Crippen molar-refractivity contribution in [2.45, 2.75) is 52.6 Å². The first-order valence-electron chi connectivity index (χ1n) is 4.44. The Morgan fingerprint density at radius 3 is 2.36 bits per heavy atom. The van der Waals surface area contributed by atoms with Crippen molar-refractivity contribution in [1.29, 1.82) is 0 Å². The summed E-state index contributed by atoms with van der Waals surface area (Å²) in [6, 6.07) is 0. The molecule has 0 rings (SSSR count). The van der Waals surface area contributed by atoms with Gasteiger partial charge in [-0.3, -0.25) is 4.79 Å². The van der Waals surface area contributed by atoms with Crippen molar-refractivity contribution >= 4 is 5.97 Å². The summed E-state index contributed by atoms with van der Waals surface area (Å²) in [5.41, 5.74) is 0. The zero-order valence-electron chi connectivity index (χ0n) is 7.72. The average Bonchev–Trinajstić information content (AvgIpc) is 2.03. The molecule has 0 amide bonds. The van der Waals surface area contributed by atoms with E-state index in [-0.39, 0.29) is 12.1 Å². The molecule has 0 aliphatic rings. The van der Waals surface area contributed by atoms with Crippen LogP contribution in [0.25, 0.3) is 0 Å². The van der Waals surface area contributed by atoms with Crippen LogP contribution in [0, 0.1) is 0 Å². The molecule has 1 atom stereocenters. The number of hydrogen-bond donors (Lipinski definition) is 0. The molecule has 0 radical (unpaired) electrons. The monoisotopic (exact) mass is 158 g/mol. The maximum absolute atomic E-state index is 10.8. The molecule has 0 aliphatic heterocycles. The largest absolute Gasteiger partial charge is 0.462 e. The van der Waals surface area contributed by atoms with Crippen molar-refractivity contribution in [3.8, 4) is 0 Å². The minimum atomic E-state index is -0.0784. The van der Waals surface area contributed by atoms with Crippen LogP contribution in [-0.2, 0) is 9.53 Å². The SMILES string of the molecule is CCCC(CC)OC(=O)CC. The summed E-state index contributed by atoms with van der Waals surface area (Å²) >= 11 is 0. The van der Waals surface area contributed by atoms with Crippen molar-refractivity contribution in [2.75, 3.05) is 0 Å². The lowest BCUT2D eigenvalue weighted by atomic mass is 10.1. The lowest BCUT2D eigenvalue weighted by molar-refractivity contribution is -0.149. The maximum Gasteiger partial charge on any atom is 0.305 e. The number of carbonyl (C=O) groups excluding carboxylic acids is 1. The van der Waals surface area contributed by atoms with Crippen molar-refractivity contribution in [1.82, 2.24) is 0 Å². The topological polar surface area (TPSA) is 26.3 Å². The van der Waals surface area contributed by atoms with Gasteiger partial charge >= 0.3 is 5.97 Å². The average molecular weight is 158 g/mol. The Morgan fingerprint density at radius 1 is 1.36 bits per heavy atom. The number of carbonyl (C=O) groups is 1. The first-order chi connectivity index (χ1) is 5.24. The molecule has 0 saturated heterocycles. The highest BCUT2D eigenvalue weighted by molar-refractivity contribution is 5.69. The third-order valence-electron chi connectivity index (χ3n) is 1.65. The molecule has 2 heteroatoms. The Labute approximate surface area is 68.9 Å². The molecule has 0 aromatic rings. The zero-order valence-corrected chi connectivity index (χ0v) is 7.72. The van der Waals surface area contributed by atoms with E-state index in [9.17, 15) is 4.79 Å². The predicted molar refractivity (Wildman–Crippen MR) is 45.4 cm³/mol. The van der Waals surface area contributed by atoms with Crippen LogP contribution in [0.15, 0.2) is 0 Å². The molecule has 0 aliphatic carbocycles. The van der Waals surface area contributed by atoms with E-state index >= 15 is 0 Å². The molecule has 0 bridgehead atoms. The number of ether oxygens (including phenoxy) is 1. The summed E-state index contributed by atoms with van der Waals surface area (Å²) in [6.07, 6.45) is 3.63. The van der Waals surface area contributed by atoms with Crippen molar-refractivity contribution in [2.24, 2.45) is 0 Å².